The molecule has 100 valence electrons. The summed E-state index contributed by atoms with van der Waals surface area (Å²) in [5.41, 5.74) is 1.27. The van der Waals surface area contributed by atoms with E-state index in [9.17, 15) is 4.79 Å². The molecular formula is C17H21NO. The average Bonchev–Trinajstić information content (AvgIpc) is 2.45. The van der Waals surface area contributed by atoms with E-state index in [-0.39, 0.29) is 5.91 Å². The molecule has 0 radical (unpaired) electrons. The smallest absolute Gasteiger partial charge is 0.220 e. The van der Waals surface area contributed by atoms with Gasteiger partial charge < -0.3 is 5.32 Å². The first-order valence-corrected chi connectivity index (χ1v) is 7.04. The minimum atomic E-state index is 0.169. The molecule has 2 rings (SSSR count). The number of fused-ring (bicyclic) bond motifs is 1. The van der Waals surface area contributed by atoms with Gasteiger partial charge in [0.1, 0.15) is 0 Å². The summed E-state index contributed by atoms with van der Waals surface area (Å²) >= 11 is 0. The molecule has 1 amide bonds. The molecule has 0 heterocycles. The largest absolute Gasteiger partial charge is 0.356 e. The van der Waals surface area contributed by atoms with Gasteiger partial charge in [0.05, 0.1) is 0 Å². The van der Waals surface area contributed by atoms with Crippen LogP contribution in [0.5, 0.6) is 0 Å². The van der Waals surface area contributed by atoms with Crippen LogP contribution in [-0.2, 0) is 11.2 Å². The molecule has 0 unspecified atom stereocenters. The molecule has 0 bridgehead atoms. The Hall–Kier alpha value is -1.83. The molecule has 0 aliphatic heterocycles. The Labute approximate surface area is 114 Å². The lowest BCUT2D eigenvalue weighted by atomic mass is 10.1. The highest BCUT2D eigenvalue weighted by atomic mass is 16.1. The van der Waals surface area contributed by atoms with Gasteiger partial charge in [-0.3, -0.25) is 4.79 Å². The van der Waals surface area contributed by atoms with Crippen LogP contribution < -0.4 is 5.32 Å². The van der Waals surface area contributed by atoms with Crippen LogP contribution in [-0.4, -0.2) is 12.5 Å². The van der Waals surface area contributed by atoms with Gasteiger partial charge in [-0.2, -0.15) is 0 Å². The van der Waals surface area contributed by atoms with Gasteiger partial charge in [0.15, 0.2) is 0 Å². The van der Waals surface area contributed by atoms with Crippen LogP contribution in [0.4, 0.5) is 0 Å². The molecule has 0 aliphatic rings. The van der Waals surface area contributed by atoms with E-state index in [0.29, 0.717) is 6.42 Å². The van der Waals surface area contributed by atoms with E-state index >= 15 is 0 Å². The normalized spacial score (nSPS) is 10.6. The fourth-order valence-electron chi connectivity index (χ4n) is 2.17. The van der Waals surface area contributed by atoms with Gasteiger partial charge in [-0.05, 0) is 29.2 Å². The van der Waals surface area contributed by atoms with Gasteiger partial charge >= 0.3 is 0 Å². The highest BCUT2D eigenvalue weighted by Gasteiger charge is 2.00. The Morgan fingerprint density at radius 2 is 1.89 bits per heavy atom. The van der Waals surface area contributed by atoms with E-state index in [1.54, 1.807) is 0 Å². The molecule has 0 fully saturated rings. The SMILES string of the molecule is CCCCC(=O)NCCc1ccc2ccccc2c1. The van der Waals surface area contributed by atoms with Crippen LogP contribution in [0.1, 0.15) is 31.7 Å². The molecule has 2 nitrogen and oxygen atoms in total. The summed E-state index contributed by atoms with van der Waals surface area (Å²) in [6.07, 6.45) is 3.58. The lowest BCUT2D eigenvalue weighted by Crippen LogP contribution is -2.25. The highest BCUT2D eigenvalue weighted by Crippen LogP contribution is 2.15. The van der Waals surface area contributed by atoms with Crippen molar-refractivity contribution in [3.05, 3.63) is 48.0 Å². The van der Waals surface area contributed by atoms with Crippen molar-refractivity contribution in [1.82, 2.24) is 5.32 Å². The van der Waals surface area contributed by atoms with E-state index < -0.39 is 0 Å². The topological polar surface area (TPSA) is 29.1 Å². The first kappa shape index (κ1) is 13.6. The Morgan fingerprint density at radius 3 is 2.68 bits per heavy atom. The van der Waals surface area contributed by atoms with Crippen molar-refractivity contribution in [3.63, 3.8) is 0 Å². The lowest BCUT2D eigenvalue weighted by Gasteiger charge is -2.06. The van der Waals surface area contributed by atoms with Crippen molar-refractivity contribution in [2.75, 3.05) is 6.54 Å². The number of carbonyl (C=O) groups excluding carboxylic acids is 1. The predicted molar refractivity (Wildman–Crippen MR) is 80.2 cm³/mol. The number of amides is 1. The highest BCUT2D eigenvalue weighted by molar-refractivity contribution is 5.83. The fourth-order valence-corrected chi connectivity index (χ4v) is 2.17. The Morgan fingerprint density at radius 1 is 1.11 bits per heavy atom. The number of unbranched alkanes of at least 4 members (excludes halogenated alkanes) is 1. The summed E-state index contributed by atoms with van der Waals surface area (Å²) in [7, 11) is 0. The lowest BCUT2D eigenvalue weighted by molar-refractivity contribution is -0.121. The van der Waals surface area contributed by atoms with Gasteiger partial charge in [-0.1, -0.05) is 55.8 Å². The fraction of sp³-hybridized carbons (Fsp3) is 0.353. The quantitative estimate of drug-likeness (QED) is 0.838. The monoisotopic (exact) mass is 255 g/mol. The molecule has 19 heavy (non-hydrogen) atoms. The van der Waals surface area contributed by atoms with Crippen molar-refractivity contribution in [2.24, 2.45) is 0 Å². The first-order chi connectivity index (χ1) is 9.29. The zero-order valence-electron chi connectivity index (χ0n) is 11.5. The number of hydrogen-bond acceptors (Lipinski definition) is 1. The predicted octanol–water partition coefficient (Wildman–Crippen LogP) is 3.69. The van der Waals surface area contributed by atoms with Gasteiger partial charge in [0, 0.05) is 13.0 Å². The molecule has 0 atom stereocenters. The van der Waals surface area contributed by atoms with Crippen LogP contribution in [0, 0.1) is 0 Å². The Balaban J connectivity index is 1.86. The molecule has 0 spiro atoms. The number of carbonyl (C=O) groups is 1. The minimum absolute atomic E-state index is 0.169. The maximum Gasteiger partial charge on any atom is 0.220 e. The summed E-state index contributed by atoms with van der Waals surface area (Å²) in [5, 5.41) is 5.50. The van der Waals surface area contributed by atoms with E-state index in [4.69, 9.17) is 0 Å². The number of rotatable bonds is 6. The van der Waals surface area contributed by atoms with Crippen LogP contribution in [0.3, 0.4) is 0 Å². The van der Waals surface area contributed by atoms with Crippen molar-refractivity contribution < 1.29 is 4.79 Å². The van der Waals surface area contributed by atoms with E-state index in [0.717, 1.165) is 25.8 Å². The van der Waals surface area contributed by atoms with Crippen LogP contribution >= 0.6 is 0 Å². The second kappa shape index (κ2) is 6.93. The summed E-state index contributed by atoms with van der Waals surface area (Å²) in [4.78, 5) is 11.5. The van der Waals surface area contributed by atoms with Crippen molar-refractivity contribution in [2.45, 2.75) is 32.6 Å². The standard InChI is InChI=1S/C17H21NO/c1-2-3-8-17(19)18-12-11-14-9-10-15-6-4-5-7-16(15)13-14/h4-7,9-10,13H,2-3,8,11-12H2,1H3,(H,18,19). The molecule has 0 aliphatic carbocycles. The first-order valence-electron chi connectivity index (χ1n) is 7.04. The molecule has 2 aromatic rings. The number of benzene rings is 2. The Bertz CT molecular complexity index is 548. The maximum atomic E-state index is 11.5. The molecular weight excluding hydrogens is 234 g/mol. The van der Waals surface area contributed by atoms with Crippen molar-refractivity contribution in [1.29, 1.82) is 0 Å². The molecule has 0 saturated carbocycles. The van der Waals surface area contributed by atoms with Gasteiger partial charge in [-0.25, -0.2) is 0 Å². The summed E-state index contributed by atoms with van der Waals surface area (Å²) in [6.45, 7) is 2.82. The van der Waals surface area contributed by atoms with Gasteiger partial charge in [0.25, 0.3) is 0 Å². The van der Waals surface area contributed by atoms with Crippen molar-refractivity contribution >= 4 is 16.7 Å². The third-order valence-electron chi connectivity index (χ3n) is 3.31. The van der Waals surface area contributed by atoms with Crippen molar-refractivity contribution in [3.8, 4) is 0 Å². The van der Waals surface area contributed by atoms with E-state index in [2.05, 4.69) is 54.7 Å². The number of hydrogen-bond donors (Lipinski definition) is 1. The zero-order valence-corrected chi connectivity index (χ0v) is 11.5. The third-order valence-corrected chi connectivity index (χ3v) is 3.31. The van der Waals surface area contributed by atoms with Crippen LogP contribution in [0.25, 0.3) is 10.8 Å². The Kier molecular flexibility index (Phi) is 4.96. The maximum absolute atomic E-state index is 11.5. The number of nitrogens with one attached hydrogen (secondary N) is 1. The molecule has 1 N–H and O–H groups in total. The van der Waals surface area contributed by atoms with E-state index in [1.807, 2.05) is 0 Å². The summed E-state index contributed by atoms with van der Waals surface area (Å²) in [6, 6.07) is 14.8. The third kappa shape index (κ3) is 4.09. The summed E-state index contributed by atoms with van der Waals surface area (Å²) < 4.78 is 0. The van der Waals surface area contributed by atoms with Gasteiger partial charge in [0.2, 0.25) is 5.91 Å². The minimum Gasteiger partial charge on any atom is -0.356 e. The molecule has 0 saturated heterocycles. The zero-order chi connectivity index (χ0) is 13.5. The van der Waals surface area contributed by atoms with Crippen LogP contribution in [0.2, 0.25) is 0 Å². The molecule has 0 aromatic heterocycles. The molecule has 2 heteroatoms. The van der Waals surface area contributed by atoms with Crippen LogP contribution in [0.15, 0.2) is 42.5 Å². The molecule has 2 aromatic carbocycles. The average molecular weight is 255 g/mol. The summed E-state index contributed by atoms with van der Waals surface area (Å²) in [5.74, 6) is 0.169. The second-order valence-corrected chi connectivity index (χ2v) is 4.89. The van der Waals surface area contributed by atoms with E-state index in [1.165, 1.54) is 16.3 Å². The van der Waals surface area contributed by atoms with Gasteiger partial charge in [-0.15, -0.1) is 0 Å². The second-order valence-electron chi connectivity index (χ2n) is 4.89.